The number of halogens is 1. The summed E-state index contributed by atoms with van der Waals surface area (Å²) >= 11 is 0. The molecule has 38 heavy (non-hydrogen) atoms. The number of nitrogens with one attached hydrogen (secondary N) is 2. The van der Waals surface area contributed by atoms with E-state index in [1.54, 1.807) is 25.2 Å². The Bertz CT molecular complexity index is 1540. The van der Waals surface area contributed by atoms with E-state index in [1.807, 2.05) is 19.1 Å². The van der Waals surface area contributed by atoms with Crippen molar-refractivity contribution in [1.82, 2.24) is 29.4 Å². The van der Waals surface area contributed by atoms with E-state index in [9.17, 15) is 12.8 Å². The molecule has 0 spiro atoms. The number of aromatic nitrogens is 4. The minimum absolute atomic E-state index is 0.0977. The fourth-order valence-electron chi connectivity index (χ4n) is 4.62. The van der Waals surface area contributed by atoms with Crippen molar-refractivity contribution in [3.8, 4) is 0 Å². The van der Waals surface area contributed by atoms with Crippen molar-refractivity contribution in [1.29, 1.82) is 5.41 Å². The molecule has 2 N–H and O–H groups in total. The molecule has 4 aromatic rings. The summed E-state index contributed by atoms with van der Waals surface area (Å²) in [5, 5.41) is 23.2. The van der Waals surface area contributed by atoms with Crippen molar-refractivity contribution in [2.45, 2.75) is 24.5 Å². The minimum atomic E-state index is -3.86. The van der Waals surface area contributed by atoms with E-state index in [0.717, 1.165) is 16.8 Å². The molecule has 1 fully saturated rings. The van der Waals surface area contributed by atoms with Crippen LogP contribution in [0.2, 0.25) is 0 Å². The van der Waals surface area contributed by atoms with Gasteiger partial charge < -0.3 is 15.2 Å². The molecule has 198 valence electrons. The average molecular weight is 539 g/mol. The first-order valence-corrected chi connectivity index (χ1v) is 13.4. The predicted octanol–water partition coefficient (Wildman–Crippen LogP) is 3.24. The minimum Gasteiger partial charge on any atom is -0.364 e. The molecule has 5 rings (SSSR count). The normalized spacial score (nSPS) is 17.0. The van der Waals surface area contributed by atoms with Crippen molar-refractivity contribution in [2.24, 2.45) is 7.05 Å². The van der Waals surface area contributed by atoms with Crippen molar-refractivity contribution in [3.63, 3.8) is 0 Å². The van der Waals surface area contributed by atoms with Crippen LogP contribution in [0.25, 0.3) is 0 Å². The van der Waals surface area contributed by atoms with Crippen LogP contribution in [-0.2, 0) is 23.6 Å². The lowest BCUT2D eigenvalue weighted by Crippen LogP contribution is -2.50. The Balaban J connectivity index is 1.50. The fourth-order valence-corrected chi connectivity index (χ4v) is 5.95. The average Bonchev–Trinajstić information content (AvgIpc) is 3.58. The third kappa shape index (κ3) is 5.21. The summed E-state index contributed by atoms with van der Waals surface area (Å²) in [6.45, 7) is 3.32. The number of rotatable bonds is 8. The maximum atomic E-state index is 13.4. The summed E-state index contributed by atoms with van der Waals surface area (Å²) in [7, 11) is -2.29. The van der Waals surface area contributed by atoms with Gasteiger partial charge >= 0.3 is 0 Å². The van der Waals surface area contributed by atoms with Crippen LogP contribution in [0.4, 0.5) is 15.8 Å². The van der Waals surface area contributed by atoms with E-state index in [1.165, 1.54) is 39.9 Å². The molecule has 1 aliphatic rings. The lowest BCUT2D eigenvalue weighted by atomic mass is 9.94. The molecule has 1 aliphatic heterocycles. The number of benzene rings is 2. The molecule has 13 heteroatoms. The summed E-state index contributed by atoms with van der Waals surface area (Å²) in [5.41, 5.74) is 4.53. The Morgan fingerprint density at radius 3 is 2.66 bits per heavy atom. The molecular weight excluding hydrogens is 511 g/mol. The van der Waals surface area contributed by atoms with Crippen molar-refractivity contribution < 1.29 is 17.3 Å². The Hall–Kier alpha value is -3.94. The highest BCUT2D eigenvalue weighted by molar-refractivity contribution is 7.89. The Morgan fingerprint density at radius 2 is 2.00 bits per heavy atom. The maximum absolute atomic E-state index is 13.4. The summed E-state index contributed by atoms with van der Waals surface area (Å²) < 4.78 is 46.6. The molecule has 2 aromatic carbocycles. The zero-order valence-corrected chi connectivity index (χ0v) is 21.7. The fraction of sp³-hybridized carbons (Fsp3) is 0.280. The molecule has 1 saturated heterocycles. The highest BCUT2D eigenvalue weighted by atomic mass is 32.2. The summed E-state index contributed by atoms with van der Waals surface area (Å²) in [5.74, 6) is -0.333. The second-order valence-electron chi connectivity index (χ2n) is 9.08. The molecule has 11 nitrogen and oxygen atoms in total. The molecule has 0 saturated carbocycles. The molecule has 1 atom stereocenters. The van der Waals surface area contributed by atoms with Crippen LogP contribution >= 0.6 is 0 Å². The molecule has 0 aliphatic carbocycles. The SMILES string of the molecule is Cc1cc(Nc2ccc(F)cc2)c(C=N)cc1[C@H]1CN(S(=O)(=O)c2cnn(C)n2)CCN1Cc1ccon1. The van der Waals surface area contributed by atoms with Gasteiger partial charge in [-0.3, -0.25) is 4.90 Å². The summed E-state index contributed by atoms with van der Waals surface area (Å²) in [6, 6.07) is 11.3. The second-order valence-corrected chi connectivity index (χ2v) is 11.0. The molecule has 2 aromatic heterocycles. The van der Waals surface area contributed by atoms with Gasteiger partial charge in [0.05, 0.1) is 11.9 Å². The van der Waals surface area contributed by atoms with Gasteiger partial charge in [0.2, 0.25) is 5.03 Å². The van der Waals surface area contributed by atoms with Gasteiger partial charge in [0, 0.05) is 68.5 Å². The standard InChI is InChI=1S/C25H27FN8O3S/c1-17-11-23(29-20-5-3-19(26)4-6-20)18(13-27)12-22(17)24-16-34(38(35,36)25-14-28-32(2)30-25)9-8-33(24)15-21-7-10-37-31-21/h3-7,10-14,24,27,29H,8-9,15-16H2,1-2H3/t24-/m1/s1. The topological polar surface area (TPSA) is 133 Å². The van der Waals surface area contributed by atoms with Crippen molar-refractivity contribution >= 4 is 27.6 Å². The van der Waals surface area contributed by atoms with E-state index in [-0.39, 0.29) is 30.0 Å². The number of sulfonamides is 1. The quantitative estimate of drug-likeness (QED) is 0.327. The first kappa shape index (κ1) is 25.7. The number of aryl methyl sites for hydroxylation is 2. The van der Waals surface area contributed by atoms with Crippen LogP contribution in [0.1, 0.15) is 28.4 Å². The first-order valence-electron chi connectivity index (χ1n) is 11.9. The Morgan fingerprint density at radius 1 is 1.21 bits per heavy atom. The molecular formula is C25H27FN8O3S. The van der Waals surface area contributed by atoms with Crippen molar-refractivity contribution in [3.05, 3.63) is 83.1 Å². The van der Waals surface area contributed by atoms with Gasteiger partial charge in [0.15, 0.2) is 0 Å². The highest BCUT2D eigenvalue weighted by Gasteiger charge is 2.37. The largest absolute Gasteiger partial charge is 0.364 e. The van der Waals surface area contributed by atoms with Gasteiger partial charge in [-0.25, -0.2) is 12.8 Å². The Labute approximate surface area is 219 Å². The number of hydrogen-bond donors (Lipinski definition) is 2. The zero-order chi connectivity index (χ0) is 26.9. The predicted molar refractivity (Wildman–Crippen MR) is 138 cm³/mol. The lowest BCUT2D eigenvalue weighted by Gasteiger charge is -2.41. The Kier molecular flexibility index (Phi) is 7.06. The van der Waals surface area contributed by atoms with Gasteiger partial charge in [-0.2, -0.15) is 14.2 Å². The van der Waals surface area contributed by atoms with Gasteiger partial charge in [0.25, 0.3) is 10.0 Å². The number of nitrogens with zero attached hydrogens (tertiary/aromatic N) is 6. The van der Waals surface area contributed by atoms with Crippen LogP contribution in [-0.4, -0.2) is 63.6 Å². The maximum Gasteiger partial charge on any atom is 0.264 e. The van der Waals surface area contributed by atoms with Gasteiger partial charge in [-0.1, -0.05) is 5.16 Å². The van der Waals surface area contributed by atoms with E-state index in [2.05, 4.69) is 25.6 Å². The molecule has 0 bridgehead atoms. The molecule has 3 heterocycles. The van der Waals surface area contributed by atoms with E-state index in [0.29, 0.717) is 30.0 Å². The second kappa shape index (κ2) is 10.4. The number of anilines is 2. The summed E-state index contributed by atoms with van der Waals surface area (Å²) in [6.07, 6.45) is 4.00. The molecule has 0 unspecified atom stereocenters. The van der Waals surface area contributed by atoms with E-state index in [4.69, 9.17) is 9.93 Å². The third-order valence-electron chi connectivity index (χ3n) is 6.57. The van der Waals surface area contributed by atoms with Crippen LogP contribution in [0.5, 0.6) is 0 Å². The van der Waals surface area contributed by atoms with E-state index < -0.39 is 10.0 Å². The monoisotopic (exact) mass is 538 g/mol. The number of hydrogen-bond acceptors (Lipinski definition) is 9. The highest BCUT2D eigenvalue weighted by Crippen LogP contribution is 2.34. The van der Waals surface area contributed by atoms with Crippen molar-refractivity contribution in [2.75, 3.05) is 25.0 Å². The molecule has 0 amide bonds. The van der Waals surface area contributed by atoms with E-state index >= 15 is 0 Å². The van der Waals surface area contributed by atoms with Crippen LogP contribution in [0.3, 0.4) is 0 Å². The first-order chi connectivity index (χ1) is 18.2. The number of piperazine rings is 1. The van der Waals surface area contributed by atoms with Gasteiger partial charge in [-0.05, 0) is 54.4 Å². The van der Waals surface area contributed by atoms with Crippen LogP contribution in [0, 0.1) is 18.2 Å². The van der Waals surface area contributed by atoms with Gasteiger partial charge in [0.1, 0.15) is 12.1 Å². The van der Waals surface area contributed by atoms with Crippen LogP contribution < -0.4 is 5.32 Å². The smallest absolute Gasteiger partial charge is 0.264 e. The zero-order valence-electron chi connectivity index (χ0n) is 20.9. The lowest BCUT2D eigenvalue weighted by molar-refractivity contribution is 0.107. The third-order valence-corrected chi connectivity index (χ3v) is 8.30. The van der Waals surface area contributed by atoms with Crippen LogP contribution in [0.15, 0.2) is 64.5 Å². The summed E-state index contributed by atoms with van der Waals surface area (Å²) in [4.78, 5) is 3.38. The van der Waals surface area contributed by atoms with Gasteiger partial charge in [-0.15, -0.1) is 5.10 Å². The molecule has 0 radical (unpaired) electrons.